The highest BCUT2D eigenvalue weighted by Gasteiger charge is 2.20. The first-order valence-electron chi connectivity index (χ1n) is 7.57. The lowest BCUT2D eigenvalue weighted by Crippen LogP contribution is -2.45. The summed E-state index contributed by atoms with van der Waals surface area (Å²) in [6, 6.07) is 4.10. The third-order valence-corrected chi connectivity index (χ3v) is 4.15. The molecule has 1 amide bonds. The van der Waals surface area contributed by atoms with Crippen molar-refractivity contribution >= 4 is 17.5 Å². The van der Waals surface area contributed by atoms with Crippen molar-refractivity contribution in [2.75, 3.05) is 13.2 Å². The first-order chi connectivity index (χ1) is 10.5. The average Bonchev–Trinajstić information content (AvgIpc) is 3.00. The van der Waals surface area contributed by atoms with Crippen LogP contribution in [0.2, 0.25) is 5.02 Å². The molecule has 1 fully saturated rings. The van der Waals surface area contributed by atoms with Crippen molar-refractivity contribution in [2.45, 2.75) is 44.9 Å². The van der Waals surface area contributed by atoms with Gasteiger partial charge in [-0.15, -0.1) is 0 Å². The van der Waals surface area contributed by atoms with Crippen LogP contribution >= 0.6 is 11.6 Å². The summed E-state index contributed by atoms with van der Waals surface area (Å²) in [6.45, 7) is 5.03. The van der Waals surface area contributed by atoms with Gasteiger partial charge in [0.15, 0.2) is 0 Å². The molecular formula is C16H22ClFN2O2. The topological polar surface area (TPSA) is 50.4 Å². The second-order valence-electron chi connectivity index (χ2n) is 5.66. The fourth-order valence-corrected chi connectivity index (χ4v) is 2.69. The summed E-state index contributed by atoms with van der Waals surface area (Å²) in [5.41, 5.74) is 0.838. The molecule has 0 unspecified atom stereocenters. The van der Waals surface area contributed by atoms with Crippen molar-refractivity contribution in [3.05, 3.63) is 34.6 Å². The molecule has 0 saturated carbocycles. The molecule has 4 nitrogen and oxygen atoms in total. The van der Waals surface area contributed by atoms with Gasteiger partial charge in [-0.3, -0.25) is 10.1 Å². The Labute approximate surface area is 135 Å². The van der Waals surface area contributed by atoms with Crippen LogP contribution in [0.4, 0.5) is 4.39 Å². The maximum Gasteiger partial charge on any atom is 0.236 e. The lowest BCUT2D eigenvalue weighted by Gasteiger charge is -2.21. The van der Waals surface area contributed by atoms with Crippen LogP contribution in [0.3, 0.4) is 0 Å². The summed E-state index contributed by atoms with van der Waals surface area (Å²) in [7, 11) is 0. The first-order valence-corrected chi connectivity index (χ1v) is 7.95. The summed E-state index contributed by atoms with van der Waals surface area (Å²) < 4.78 is 18.6. The molecule has 0 aliphatic carbocycles. The SMILES string of the molecule is C[C@H](N[C@@H](C)c1ccc(F)c(Cl)c1)C(=O)NC[C@@H]1CCCO1. The van der Waals surface area contributed by atoms with E-state index in [1.807, 2.05) is 6.92 Å². The van der Waals surface area contributed by atoms with Crippen molar-refractivity contribution in [1.29, 1.82) is 0 Å². The van der Waals surface area contributed by atoms with Gasteiger partial charge < -0.3 is 10.1 Å². The maximum absolute atomic E-state index is 13.2. The Morgan fingerprint density at radius 3 is 2.91 bits per heavy atom. The maximum atomic E-state index is 13.2. The van der Waals surface area contributed by atoms with Gasteiger partial charge in [0.1, 0.15) is 5.82 Å². The quantitative estimate of drug-likeness (QED) is 0.844. The molecule has 1 saturated heterocycles. The van der Waals surface area contributed by atoms with Gasteiger partial charge in [-0.1, -0.05) is 17.7 Å². The normalized spacial score (nSPS) is 20.6. The number of carbonyl (C=O) groups excluding carboxylic acids is 1. The lowest BCUT2D eigenvalue weighted by atomic mass is 10.1. The highest BCUT2D eigenvalue weighted by Crippen LogP contribution is 2.21. The van der Waals surface area contributed by atoms with Gasteiger partial charge in [-0.25, -0.2) is 4.39 Å². The van der Waals surface area contributed by atoms with E-state index in [4.69, 9.17) is 16.3 Å². The summed E-state index contributed by atoms with van der Waals surface area (Å²) >= 11 is 5.78. The molecule has 1 aromatic carbocycles. The van der Waals surface area contributed by atoms with Crippen LogP contribution in [0.15, 0.2) is 18.2 Å². The molecule has 0 aromatic heterocycles. The lowest BCUT2D eigenvalue weighted by molar-refractivity contribution is -0.123. The molecule has 3 atom stereocenters. The number of halogens is 2. The van der Waals surface area contributed by atoms with E-state index in [1.54, 1.807) is 19.1 Å². The van der Waals surface area contributed by atoms with Gasteiger partial charge in [0.25, 0.3) is 0 Å². The van der Waals surface area contributed by atoms with E-state index >= 15 is 0 Å². The smallest absolute Gasteiger partial charge is 0.236 e. The summed E-state index contributed by atoms with van der Waals surface area (Å²) in [4.78, 5) is 12.1. The molecule has 0 bridgehead atoms. The molecule has 6 heteroatoms. The van der Waals surface area contributed by atoms with E-state index < -0.39 is 5.82 Å². The minimum atomic E-state index is -0.444. The first kappa shape index (κ1) is 17.2. The number of benzene rings is 1. The van der Waals surface area contributed by atoms with Crippen LogP contribution in [0.25, 0.3) is 0 Å². The van der Waals surface area contributed by atoms with Gasteiger partial charge in [-0.05, 0) is 44.4 Å². The zero-order chi connectivity index (χ0) is 16.1. The number of hydrogen-bond acceptors (Lipinski definition) is 3. The largest absolute Gasteiger partial charge is 0.376 e. The Morgan fingerprint density at radius 1 is 1.50 bits per heavy atom. The zero-order valence-corrected chi connectivity index (χ0v) is 13.6. The van der Waals surface area contributed by atoms with Gasteiger partial charge in [-0.2, -0.15) is 0 Å². The molecule has 1 heterocycles. The summed E-state index contributed by atoms with van der Waals surface area (Å²) in [6.07, 6.45) is 2.17. The second kappa shape index (κ2) is 7.90. The highest BCUT2D eigenvalue weighted by atomic mass is 35.5. The number of nitrogens with one attached hydrogen (secondary N) is 2. The predicted octanol–water partition coefficient (Wildman–Crippen LogP) is 2.81. The third kappa shape index (κ3) is 4.66. The van der Waals surface area contributed by atoms with Crippen molar-refractivity contribution in [3.8, 4) is 0 Å². The van der Waals surface area contributed by atoms with Crippen molar-refractivity contribution < 1.29 is 13.9 Å². The van der Waals surface area contributed by atoms with Crippen LogP contribution in [0, 0.1) is 5.82 Å². The Balaban J connectivity index is 1.82. The van der Waals surface area contributed by atoms with Crippen molar-refractivity contribution in [1.82, 2.24) is 10.6 Å². The van der Waals surface area contributed by atoms with Crippen molar-refractivity contribution in [3.63, 3.8) is 0 Å². The zero-order valence-electron chi connectivity index (χ0n) is 12.9. The van der Waals surface area contributed by atoms with Crippen molar-refractivity contribution in [2.24, 2.45) is 0 Å². The number of hydrogen-bond donors (Lipinski definition) is 2. The van der Waals surface area contributed by atoms with E-state index in [0.717, 1.165) is 25.0 Å². The number of ether oxygens (including phenoxy) is 1. The molecule has 22 heavy (non-hydrogen) atoms. The number of amides is 1. The van der Waals surface area contributed by atoms with Crippen LogP contribution in [-0.2, 0) is 9.53 Å². The number of carbonyl (C=O) groups is 1. The van der Waals surface area contributed by atoms with Crippen LogP contribution < -0.4 is 10.6 Å². The van der Waals surface area contributed by atoms with Gasteiger partial charge >= 0.3 is 0 Å². The molecule has 1 aromatic rings. The number of rotatable bonds is 6. The minimum absolute atomic E-state index is 0.0736. The Morgan fingerprint density at radius 2 is 2.27 bits per heavy atom. The Kier molecular flexibility index (Phi) is 6.17. The van der Waals surface area contributed by atoms with Crippen LogP contribution in [0.5, 0.6) is 0 Å². The average molecular weight is 329 g/mol. The van der Waals surface area contributed by atoms with E-state index in [1.165, 1.54) is 6.07 Å². The molecule has 2 rings (SSSR count). The molecule has 0 radical (unpaired) electrons. The van der Waals surface area contributed by atoms with E-state index in [-0.39, 0.29) is 29.1 Å². The molecule has 0 spiro atoms. The highest BCUT2D eigenvalue weighted by molar-refractivity contribution is 6.30. The van der Waals surface area contributed by atoms with E-state index in [9.17, 15) is 9.18 Å². The minimum Gasteiger partial charge on any atom is -0.376 e. The van der Waals surface area contributed by atoms with Crippen LogP contribution in [0.1, 0.15) is 38.3 Å². The van der Waals surface area contributed by atoms with Crippen LogP contribution in [-0.4, -0.2) is 31.2 Å². The van der Waals surface area contributed by atoms with E-state index in [0.29, 0.717) is 6.54 Å². The Bertz CT molecular complexity index is 521. The summed E-state index contributed by atoms with van der Waals surface area (Å²) in [5, 5.41) is 6.16. The second-order valence-corrected chi connectivity index (χ2v) is 6.07. The fourth-order valence-electron chi connectivity index (χ4n) is 2.50. The fraction of sp³-hybridized carbons (Fsp3) is 0.562. The van der Waals surface area contributed by atoms with Gasteiger partial charge in [0.05, 0.1) is 17.2 Å². The third-order valence-electron chi connectivity index (χ3n) is 3.86. The monoisotopic (exact) mass is 328 g/mol. The molecule has 122 valence electrons. The Hall–Kier alpha value is -1.17. The molecule has 1 aliphatic heterocycles. The molecule has 1 aliphatic rings. The van der Waals surface area contributed by atoms with Gasteiger partial charge in [0, 0.05) is 19.2 Å². The summed E-state index contributed by atoms with van der Waals surface area (Å²) in [5.74, 6) is -0.518. The predicted molar refractivity (Wildman–Crippen MR) is 84.4 cm³/mol. The standard InChI is InChI=1S/C16H22ClFN2O2/c1-10(12-5-6-15(18)14(17)8-12)20-11(2)16(21)19-9-13-4-3-7-22-13/h5-6,8,10-11,13,20H,3-4,7,9H2,1-2H3,(H,19,21)/t10-,11-,13-/m0/s1. The van der Waals surface area contributed by atoms with E-state index in [2.05, 4.69) is 10.6 Å². The van der Waals surface area contributed by atoms with Gasteiger partial charge in [0.2, 0.25) is 5.91 Å². The molecular weight excluding hydrogens is 307 g/mol. The molecule has 2 N–H and O–H groups in total.